The maximum absolute atomic E-state index is 5.27. The molecular formula is C13H23N3O2. The summed E-state index contributed by atoms with van der Waals surface area (Å²) in [5.41, 5.74) is 0. The lowest BCUT2D eigenvalue weighted by Gasteiger charge is -2.22. The van der Waals surface area contributed by atoms with E-state index in [1.54, 1.807) is 0 Å². The zero-order valence-corrected chi connectivity index (χ0v) is 11.2. The first-order valence-corrected chi connectivity index (χ1v) is 7.01. The van der Waals surface area contributed by atoms with Crippen LogP contribution < -0.4 is 5.32 Å². The molecule has 1 N–H and O–H groups in total. The third kappa shape index (κ3) is 4.38. The van der Waals surface area contributed by atoms with Gasteiger partial charge in [-0.05, 0) is 32.7 Å². The Hall–Kier alpha value is -0.940. The summed E-state index contributed by atoms with van der Waals surface area (Å²) in [5.74, 6) is 1.52. The van der Waals surface area contributed by atoms with Crippen molar-refractivity contribution in [2.75, 3.05) is 19.8 Å². The van der Waals surface area contributed by atoms with Crippen LogP contribution in [0.1, 0.15) is 44.3 Å². The minimum absolute atomic E-state index is 0.623. The summed E-state index contributed by atoms with van der Waals surface area (Å²) in [7, 11) is 0. The van der Waals surface area contributed by atoms with E-state index in [-0.39, 0.29) is 0 Å². The van der Waals surface area contributed by atoms with Gasteiger partial charge in [0.05, 0.1) is 6.61 Å². The standard InChI is InChI=1S/C13H23N3O2/c1-2-17-10-8-12-15-13(18-16-12)7-6-11-5-3-4-9-14-11/h11,14H,2-10H2,1H3. The van der Waals surface area contributed by atoms with Crippen molar-refractivity contribution >= 4 is 0 Å². The SMILES string of the molecule is CCOCCc1noc(CCC2CCCCN2)n1. The summed E-state index contributed by atoms with van der Waals surface area (Å²) < 4.78 is 10.5. The molecule has 2 rings (SSSR count). The van der Waals surface area contributed by atoms with Crippen LogP contribution in [-0.2, 0) is 17.6 Å². The highest BCUT2D eigenvalue weighted by molar-refractivity contribution is 4.88. The molecule has 2 heterocycles. The Morgan fingerprint density at radius 1 is 1.39 bits per heavy atom. The molecule has 0 aromatic carbocycles. The summed E-state index contributed by atoms with van der Waals surface area (Å²) in [6.07, 6.45) is 6.61. The highest BCUT2D eigenvalue weighted by Crippen LogP contribution is 2.12. The van der Waals surface area contributed by atoms with E-state index < -0.39 is 0 Å². The van der Waals surface area contributed by atoms with Crippen LogP contribution in [0.4, 0.5) is 0 Å². The van der Waals surface area contributed by atoms with Crippen molar-refractivity contribution in [3.05, 3.63) is 11.7 Å². The van der Waals surface area contributed by atoms with Gasteiger partial charge in [0.1, 0.15) is 0 Å². The smallest absolute Gasteiger partial charge is 0.226 e. The first-order chi connectivity index (χ1) is 8.88. The fraction of sp³-hybridized carbons (Fsp3) is 0.846. The molecule has 1 aliphatic heterocycles. The van der Waals surface area contributed by atoms with Crippen molar-refractivity contribution < 1.29 is 9.26 Å². The number of piperidine rings is 1. The van der Waals surface area contributed by atoms with Crippen LogP contribution in [0, 0.1) is 0 Å². The Balaban J connectivity index is 1.69. The number of ether oxygens (including phenoxy) is 1. The van der Waals surface area contributed by atoms with Crippen LogP contribution in [-0.4, -0.2) is 35.9 Å². The topological polar surface area (TPSA) is 60.2 Å². The van der Waals surface area contributed by atoms with Gasteiger partial charge in [-0.3, -0.25) is 0 Å². The molecule has 0 bridgehead atoms. The molecule has 1 saturated heterocycles. The molecule has 1 fully saturated rings. The maximum atomic E-state index is 5.27. The first kappa shape index (κ1) is 13.5. The third-order valence-electron chi connectivity index (χ3n) is 3.30. The van der Waals surface area contributed by atoms with Gasteiger partial charge in [0, 0.05) is 25.5 Å². The highest BCUT2D eigenvalue weighted by Gasteiger charge is 2.14. The monoisotopic (exact) mass is 253 g/mol. The predicted molar refractivity (Wildman–Crippen MR) is 68.5 cm³/mol. The molecular weight excluding hydrogens is 230 g/mol. The van der Waals surface area contributed by atoms with E-state index in [9.17, 15) is 0 Å². The summed E-state index contributed by atoms with van der Waals surface area (Å²) in [4.78, 5) is 4.38. The molecule has 0 aliphatic carbocycles. The van der Waals surface area contributed by atoms with Crippen LogP contribution in [0.15, 0.2) is 4.52 Å². The second-order valence-corrected chi connectivity index (χ2v) is 4.74. The molecule has 1 aromatic rings. The lowest BCUT2D eigenvalue weighted by Crippen LogP contribution is -2.34. The number of nitrogens with one attached hydrogen (secondary N) is 1. The number of hydrogen-bond donors (Lipinski definition) is 1. The zero-order valence-electron chi connectivity index (χ0n) is 11.2. The fourth-order valence-electron chi connectivity index (χ4n) is 2.27. The van der Waals surface area contributed by atoms with E-state index >= 15 is 0 Å². The van der Waals surface area contributed by atoms with E-state index in [1.807, 2.05) is 6.92 Å². The second kappa shape index (κ2) is 7.48. The van der Waals surface area contributed by atoms with Gasteiger partial charge in [-0.15, -0.1) is 0 Å². The molecule has 0 spiro atoms. The first-order valence-electron chi connectivity index (χ1n) is 7.01. The number of aryl methyl sites for hydroxylation is 1. The Morgan fingerprint density at radius 3 is 3.11 bits per heavy atom. The van der Waals surface area contributed by atoms with Gasteiger partial charge in [-0.25, -0.2) is 0 Å². The summed E-state index contributed by atoms with van der Waals surface area (Å²) >= 11 is 0. The summed E-state index contributed by atoms with van der Waals surface area (Å²) in [5, 5.41) is 7.49. The van der Waals surface area contributed by atoms with Gasteiger partial charge < -0.3 is 14.6 Å². The molecule has 5 heteroatoms. The Bertz CT molecular complexity index is 335. The molecule has 1 atom stereocenters. The average molecular weight is 253 g/mol. The average Bonchev–Trinajstić information content (AvgIpc) is 2.86. The van der Waals surface area contributed by atoms with E-state index in [0.717, 1.165) is 44.1 Å². The predicted octanol–water partition coefficient (Wildman–Crippen LogP) is 1.72. The molecule has 5 nitrogen and oxygen atoms in total. The van der Waals surface area contributed by atoms with Crippen LogP contribution >= 0.6 is 0 Å². The molecule has 1 unspecified atom stereocenters. The number of rotatable bonds is 7. The lowest BCUT2D eigenvalue weighted by atomic mass is 10.0. The Labute approximate surface area is 108 Å². The summed E-state index contributed by atoms with van der Waals surface area (Å²) in [6, 6.07) is 0.623. The molecule has 0 radical (unpaired) electrons. The Morgan fingerprint density at radius 2 is 2.33 bits per heavy atom. The van der Waals surface area contributed by atoms with Crippen molar-refractivity contribution in [3.63, 3.8) is 0 Å². The molecule has 1 aliphatic rings. The van der Waals surface area contributed by atoms with Crippen molar-refractivity contribution in [2.45, 2.75) is 51.5 Å². The van der Waals surface area contributed by atoms with Crippen LogP contribution in [0.3, 0.4) is 0 Å². The maximum Gasteiger partial charge on any atom is 0.226 e. The Kier molecular flexibility index (Phi) is 5.61. The van der Waals surface area contributed by atoms with Gasteiger partial charge in [0.15, 0.2) is 5.82 Å². The van der Waals surface area contributed by atoms with Crippen LogP contribution in [0.2, 0.25) is 0 Å². The second-order valence-electron chi connectivity index (χ2n) is 4.74. The molecule has 0 saturated carbocycles. The molecule has 0 amide bonds. The fourth-order valence-corrected chi connectivity index (χ4v) is 2.27. The minimum atomic E-state index is 0.623. The lowest BCUT2D eigenvalue weighted by molar-refractivity contribution is 0.149. The normalized spacial score (nSPS) is 20.2. The summed E-state index contributed by atoms with van der Waals surface area (Å²) in [6.45, 7) is 4.53. The van der Waals surface area contributed by atoms with Crippen molar-refractivity contribution in [1.82, 2.24) is 15.5 Å². The highest BCUT2D eigenvalue weighted by atomic mass is 16.5. The van der Waals surface area contributed by atoms with Crippen molar-refractivity contribution in [3.8, 4) is 0 Å². The molecule has 102 valence electrons. The quantitative estimate of drug-likeness (QED) is 0.750. The minimum Gasteiger partial charge on any atom is -0.381 e. The van der Waals surface area contributed by atoms with Crippen molar-refractivity contribution in [2.24, 2.45) is 0 Å². The number of nitrogens with zero attached hydrogens (tertiary/aromatic N) is 2. The van der Waals surface area contributed by atoms with E-state index in [2.05, 4.69) is 15.5 Å². The van der Waals surface area contributed by atoms with Gasteiger partial charge in [0.2, 0.25) is 5.89 Å². The number of aromatic nitrogens is 2. The zero-order chi connectivity index (χ0) is 12.6. The molecule has 1 aromatic heterocycles. The number of hydrogen-bond acceptors (Lipinski definition) is 5. The van der Waals surface area contributed by atoms with Gasteiger partial charge in [-0.1, -0.05) is 11.6 Å². The largest absolute Gasteiger partial charge is 0.381 e. The van der Waals surface area contributed by atoms with E-state index in [0.29, 0.717) is 12.6 Å². The van der Waals surface area contributed by atoms with E-state index in [4.69, 9.17) is 9.26 Å². The van der Waals surface area contributed by atoms with Crippen LogP contribution in [0.5, 0.6) is 0 Å². The van der Waals surface area contributed by atoms with Gasteiger partial charge in [-0.2, -0.15) is 4.98 Å². The molecule has 18 heavy (non-hydrogen) atoms. The van der Waals surface area contributed by atoms with Gasteiger partial charge in [0.25, 0.3) is 0 Å². The van der Waals surface area contributed by atoms with E-state index in [1.165, 1.54) is 19.3 Å². The van der Waals surface area contributed by atoms with Crippen molar-refractivity contribution in [1.29, 1.82) is 0 Å². The van der Waals surface area contributed by atoms with Crippen LogP contribution in [0.25, 0.3) is 0 Å². The van der Waals surface area contributed by atoms with Gasteiger partial charge >= 0.3 is 0 Å². The third-order valence-corrected chi connectivity index (χ3v) is 3.30.